The molecule has 142 valence electrons. The number of carbonyl (C=O) groups excluding carboxylic acids is 1. The third-order valence-corrected chi connectivity index (χ3v) is 3.69. The van der Waals surface area contributed by atoms with Gasteiger partial charge in [-0.2, -0.15) is 5.10 Å². The topological polar surface area (TPSA) is 74.5 Å². The Morgan fingerprint density at radius 3 is 2.46 bits per heavy atom. The van der Waals surface area contributed by atoms with Gasteiger partial charge in [-0.1, -0.05) is 12.1 Å². The zero-order valence-electron chi connectivity index (χ0n) is 15.7. The number of amides is 1. The number of halogens is 1. The second-order valence-electron chi connectivity index (χ2n) is 6.03. The van der Waals surface area contributed by atoms with E-state index < -0.39 is 0 Å². The summed E-state index contributed by atoms with van der Waals surface area (Å²) in [5.74, 6) is 0.739. The van der Waals surface area contributed by atoms with Gasteiger partial charge in [0.2, 0.25) is 0 Å². The van der Waals surface area contributed by atoms with E-state index in [2.05, 4.69) is 20.7 Å². The fourth-order valence-corrected chi connectivity index (χ4v) is 2.31. The number of guanidine groups is 1. The summed E-state index contributed by atoms with van der Waals surface area (Å²) < 4.78 is 1.90. The molecule has 0 aliphatic rings. The number of hydrogen-bond acceptors (Lipinski definition) is 3. The first-order chi connectivity index (χ1) is 12.0. The van der Waals surface area contributed by atoms with Crippen LogP contribution in [0.25, 0.3) is 0 Å². The fraction of sp³-hybridized carbons (Fsp3) is 0.389. The normalized spacial score (nSPS) is 10.8. The Balaban J connectivity index is 0.00000338. The van der Waals surface area contributed by atoms with Gasteiger partial charge in [-0.3, -0.25) is 14.5 Å². The third-order valence-electron chi connectivity index (χ3n) is 3.69. The molecule has 26 heavy (non-hydrogen) atoms. The molecule has 1 heterocycles. The molecule has 0 saturated heterocycles. The van der Waals surface area contributed by atoms with Crippen molar-refractivity contribution in [2.45, 2.75) is 20.0 Å². The van der Waals surface area contributed by atoms with Crippen molar-refractivity contribution >= 4 is 35.8 Å². The van der Waals surface area contributed by atoms with Gasteiger partial charge in [-0.05, 0) is 30.2 Å². The third kappa shape index (κ3) is 6.66. The van der Waals surface area contributed by atoms with Gasteiger partial charge in [-0.15, -0.1) is 24.0 Å². The zero-order valence-corrected chi connectivity index (χ0v) is 18.0. The summed E-state index contributed by atoms with van der Waals surface area (Å²) in [6, 6.07) is 7.58. The number of carbonyl (C=O) groups is 1. The molecule has 0 atom stereocenters. The lowest BCUT2D eigenvalue weighted by Crippen LogP contribution is -2.38. The van der Waals surface area contributed by atoms with Crippen LogP contribution in [-0.2, 0) is 13.1 Å². The largest absolute Gasteiger partial charge is 0.355 e. The fourth-order valence-electron chi connectivity index (χ4n) is 2.31. The first-order valence-corrected chi connectivity index (χ1v) is 8.23. The van der Waals surface area contributed by atoms with E-state index in [1.807, 2.05) is 48.3 Å². The molecule has 0 fully saturated rings. The molecule has 2 aromatic rings. The Morgan fingerprint density at radius 2 is 1.92 bits per heavy atom. The number of benzene rings is 1. The minimum Gasteiger partial charge on any atom is -0.355 e. The molecule has 0 saturated carbocycles. The van der Waals surface area contributed by atoms with Crippen molar-refractivity contribution in [1.82, 2.24) is 25.3 Å². The molecule has 0 spiro atoms. The molecular weight excluding hydrogens is 443 g/mol. The predicted molar refractivity (Wildman–Crippen MR) is 115 cm³/mol. The maximum atomic E-state index is 11.9. The average molecular weight is 470 g/mol. The van der Waals surface area contributed by atoms with Gasteiger partial charge < -0.3 is 15.5 Å². The van der Waals surface area contributed by atoms with Crippen molar-refractivity contribution in [1.29, 1.82) is 0 Å². The van der Waals surface area contributed by atoms with E-state index in [4.69, 9.17) is 0 Å². The summed E-state index contributed by atoms with van der Waals surface area (Å²) in [7, 11) is 5.24. The SMILES string of the molecule is CN=C(NCCn1cc(C)cn1)NCc1ccc(C(=O)N(C)C)cc1.I. The predicted octanol–water partition coefficient (Wildman–Crippen LogP) is 1.88. The van der Waals surface area contributed by atoms with Crippen molar-refractivity contribution in [3.8, 4) is 0 Å². The Bertz CT molecular complexity index is 724. The smallest absolute Gasteiger partial charge is 0.253 e. The highest BCUT2D eigenvalue weighted by molar-refractivity contribution is 14.0. The van der Waals surface area contributed by atoms with E-state index in [0.29, 0.717) is 12.1 Å². The molecular formula is C18H27IN6O. The molecule has 1 amide bonds. The minimum absolute atomic E-state index is 0. The number of nitrogens with zero attached hydrogens (tertiary/aromatic N) is 4. The number of rotatable bonds is 6. The quantitative estimate of drug-likeness (QED) is 0.384. The standard InChI is InChI=1S/C18H26N6O.HI/c1-14-11-22-24(13-14)10-9-20-18(19-2)21-12-15-5-7-16(8-6-15)17(25)23(3)4;/h5-8,11,13H,9-10,12H2,1-4H3,(H2,19,20,21);1H. The molecule has 0 aliphatic carbocycles. The van der Waals surface area contributed by atoms with Gasteiger partial charge in [0.15, 0.2) is 5.96 Å². The van der Waals surface area contributed by atoms with Crippen LogP contribution < -0.4 is 10.6 Å². The summed E-state index contributed by atoms with van der Waals surface area (Å²) >= 11 is 0. The zero-order chi connectivity index (χ0) is 18.2. The number of hydrogen-bond donors (Lipinski definition) is 2. The molecule has 0 aliphatic heterocycles. The van der Waals surface area contributed by atoms with E-state index in [1.54, 1.807) is 26.0 Å². The first-order valence-electron chi connectivity index (χ1n) is 8.23. The lowest BCUT2D eigenvalue weighted by atomic mass is 10.1. The highest BCUT2D eigenvalue weighted by atomic mass is 127. The molecule has 2 N–H and O–H groups in total. The van der Waals surface area contributed by atoms with E-state index in [0.717, 1.165) is 30.2 Å². The minimum atomic E-state index is 0. The monoisotopic (exact) mass is 470 g/mol. The van der Waals surface area contributed by atoms with Crippen LogP contribution in [-0.4, -0.2) is 54.2 Å². The molecule has 8 heteroatoms. The second-order valence-corrected chi connectivity index (χ2v) is 6.03. The molecule has 2 rings (SSSR count). The second kappa shape index (κ2) is 10.8. The highest BCUT2D eigenvalue weighted by Crippen LogP contribution is 2.06. The van der Waals surface area contributed by atoms with E-state index in [-0.39, 0.29) is 29.9 Å². The van der Waals surface area contributed by atoms with Crippen molar-refractivity contribution in [3.05, 3.63) is 53.3 Å². The summed E-state index contributed by atoms with van der Waals surface area (Å²) in [5.41, 5.74) is 2.92. The maximum Gasteiger partial charge on any atom is 0.253 e. The van der Waals surface area contributed by atoms with Crippen LogP contribution in [0.3, 0.4) is 0 Å². The van der Waals surface area contributed by atoms with Gasteiger partial charge >= 0.3 is 0 Å². The summed E-state index contributed by atoms with van der Waals surface area (Å²) in [6.45, 7) is 4.17. The van der Waals surface area contributed by atoms with Crippen molar-refractivity contribution in [2.75, 3.05) is 27.7 Å². The highest BCUT2D eigenvalue weighted by Gasteiger charge is 2.07. The first kappa shape index (κ1) is 21.9. The number of aromatic nitrogens is 2. The number of aliphatic imine (C=N–C) groups is 1. The average Bonchev–Trinajstić information content (AvgIpc) is 3.03. The van der Waals surface area contributed by atoms with Gasteiger partial charge in [0.25, 0.3) is 5.91 Å². The molecule has 1 aromatic heterocycles. The number of nitrogens with one attached hydrogen (secondary N) is 2. The molecule has 7 nitrogen and oxygen atoms in total. The van der Waals surface area contributed by atoms with Gasteiger partial charge in [0.05, 0.1) is 12.7 Å². The Labute approximate surface area is 171 Å². The molecule has 0 radical (unpaired) electrons. The van der Waals surface area contributed by atoms with Crippen LogP contribution in [0, 0.1) is 6.92 Å². The van der Waals surface area contributed by atoms with E-state index in [1.165, 1.54) is 0 Å². The number of aryl methyl sites for hydroxylation is 1. The lowest BCUT2D eigenvalue weighted by Gasteiger charge is -2.13. The van der Waals surface area contributed by atoms with Crippen LogP contribution >= 0.6 is 24.0 Å². The Morgan fingerprint density at radius 1 is 1.23 bits per heavy atom. The van der Waals surface area contributed by atoms with Crippen molar-refractivity contribution < 1.29 is 4.79 Å². The van der Waals surface area contributed by atoms with Crippen molar-refractivity contribution in [3.63, 3.8) is 0 Å². The van der Waals surface area contributed by atoms with Gasteiger partial charge in [-0.25, -0.2) is 0 Å². The Hall–Kier alpha value is -2.10. The van der Waals surface area contributed by atoms with Crippen LogP contribution in [0.2, 0.25) is 0 Å². The van der Waals surface area contributed by atoms with Gasteiger partial charge in [0, 0.05) is 46.0 Å². The molecule has 0 bridgehead atoms. The molecule has 0 unspecified atom stereocenters. The van der Waals surface area contributed by atoms with Crippen molar-refractivity contribution in [2.24, 2.45) is 4.99 Å². The summed E-state index contributed by atoms with van der Waals surface area (Å²) in [5, 5.41) is 10.8. The van der Waals surface area contributed by atoms with Crippen LogP contribution in [0.5, 0.6) is 0 Å². The Kier molecular flexibility index (Phi) is 9.11. The van der Waals surface area contributed by atoms with E-state index in [9.17, 15) is 4.79 Å². The van der Waals surface area contributed by atoms with Gasteiger partial charge in [0.1, 0.15) is 0 Å². The molecule has 1 aromatic carbocycles. The van der Waals surface area contributed by atoms with Crippen LogP contribution in [0.1, 0.15) is 21.5 Å². The maximum absolute atomic E-state index is 11.9. The lowest BCUT2D eigenvalue weighted by molar-refractivity contribution is 0.0827. The van der Waals surface area contributed by atoms with Crippen LogP contribution in [0.4, 0.5) is 0 Å². The van der Waals surface area contributed by atoms with Crippen LogP contribution in [0.15, 0.2) is 41.7 Å². The summed E-state index contributed by atoms with van der Waals surface area (Å²) in [4.78, 5) is 17.7. The van der Waals surface area contributed by atoms with E-state index >= 15 is 0 Å². The summed E-state index contributed by atoms with van der Waals surface area (Å²) in [6.07, 6.45) is 3.85.